The van der Waals surface area contributed by atoms with Crippen molar-refractivity contribution >= 4 is 0 Å². The van der Waals surface area contributed by atoms with E-state index in [0.29, 0.717) is 6.54 Å². The molecule has 1 aromatic carbocycles. The number of nitrogens with one attached hydrogen (secondary N) is 1. The van der Waals surface area contributed by atoms with Gasteiger partial charge in [0.05, 0.1) is 12.3 Å². The molecule has 0 bridgehead atoms. The first-order valence-corrected chi connectivity index (χ1v) is 5.30. The van der Waals surface area contributed by atoms with Crippen LogP contribution in [0.2, 0.25) is 0 Å². The number of rotatable bonds is 5. The third kappa shape index (κ3) is 2.68. The summed E-state index contributed by atoms with van der Waals surface area (Å²) in [5, 5.41) is 15.9. The van der Waals surface area contributed by atoms with E-state index in [4.69, 9.17) is 5.11 Å². The van der Waals surface area contributed by atoms with E-state index in [9.17, 15) is 0 Å². The molecule has 1 heterocycles. The highest BCUT2D eigenvalue weighted by molar-refractivity contribution is 5.33. The van der Waals surface area contributed by atoms with E-state index in [0.717, 1.165) is 12.2 Å². The first-order valence-electron chi connectivity index (χ1n) is 5.30. The smallest absolute Gasteiger partial charge is 0.0645 e. The molecule has 84 valence electrons. The molecule has 0 aliphatic rings. The van der Waals surface area contributed by atoms with Gasteiger partial charge in [0, 0.05) is 25.5 Å². The molecule has 0 saturated carbocycles. The van der Waals surface area contributed by atoms with Crippen LogP contribution in [0.1, 0.15) is 5.56 Å². The quantitative estimate of drug-likeness (QED) is 0.733. The van der Waals surface area contributed by atoms with Crippen molar-refractivity contribution in [3.05, 3.63) is 48.3 Å². The van der Waals surface area contributed by atoms with Gasteiger partial charge in [0.1, 0.15) is 0 Å². The molecule has 16 heavy (non-hydrogen) atoms. The van der Waals surface area contributed by atoms with E-state index < -0.39 is 0 Å². The summed E-state index contributed by atoms with van der Waals surface area (Å²) in [6.45, 7) is 1.58. The Morgan fingerprint density at radius 1 is 1.25 bits per heavy atom. The van der Waals surface area contributed by atoms with Gasteiger partial charge in [0.2, 0.25) is 0 Å². The number of benzene rings is 1. The van der Waals surface area contributed by atoms with Crippen molar-refractivity contribution in [3.63, 3.8) is 0 Å². The number of nitrogens with zero attached hydrogens (tertiary/aromatic N) is 2. The van der Waals surface area contributed by atoms with Crippen molar-refractivity contribution in [3.8, 4) is 5.69 Å². The number of aromatic nitrogens is 2. The van der Waals surface area contributed by atoms with Crippen molar-refractivity contribution in [1.82, 2.24) is 15.1 Å². The lowest BCUT2D eigenvalue weighted by Gasteiger charge is -2.05. The number of hydrogen-bond donors (Lipinski definition) is 2. The third-order valence-electron chi connectivity index (χ3n) is 2.32. The van der Waals surface area contributed by atoms with Gasteiger partial charge in [-0.3, -0.25) is 0 Å². The summed E-state index contributed by atoms with van der Waals surface area (Å²) in [4.78, 5) is 0. The van der Waals surface area contributed by atoms with Gasteiger partial charge in [-0.1, -0.05) is 12.1 Å². The summed E-state index contributed by atoms with van der Waals surface area (Å²) >= 11 is 0. The molecule has 0 amide bonds. The largest absolute Gasteiger partial charge is 0.395 e. The van der Waals surface area contributed by atoms with Crippen molar-refractivity contribution < 1.29 is 5.11 Å². The lowest BCUT2D eigenvalue weighted by molar-refractivity contribution is 0.292. The minimum absolute atomic E-state index is 0.172. The maximum absolute atomic E-state index is 8.64. The Morgan fingerprint density at radius 3 is 2.69 bits per heavy atom. The van der Waals surface area contributed by atoms with Gasteiger partial charge in [0.25, 0.3) is 0 Å². The SMILES string of the molecule is OCCNCc1ccc(-n2cccn2)cc1. The molecule has 0 saturated heterocycles. The van der Waals surface area contributed by atoms with Crippen LogP contribution in [0.5, 0.6) is 0 Å². The van der Waals surface area contributed by atoms with Gasteiger partial charge in [0.15, 0.2) is 0 Å². The Morgan fingerprint density at radius 2 is 2.06 bits per heavy atom. The first kappa shape index (κ1) is 10.9. The molecule has 4 nitrogen and oxygen atoms in total. The topological polar surface area (TPSA) is 50.1 Å². The normalized spacial score (nSPS) is 10.6. The average molecular weight is 217 g/mol. The fraction of sp³-hybridized carbons (Fsp3) is 0.250. The van der Waals surface area contributed by atoms with Crippen molar-refractivity contribution in [1.29, 1.82) is 0 Å². The number of aliphatic hydroxyl groups is 1. The fourth-order valence-corrected chi connectivity index (χ4v) is 1.50. The maximum atomic E-state index is 8.64. The molecule has 0 fully saturated rings. The lowest BCUT2D eigenvalue weighted by atomic mass is 10.2. The van der Waals surface area contributed by atoms with E-state index in [1.165, 1.54) is 5.56 Å². The highest BCUT2D eigenvalue weighted by Crippen LogP contribution is 2.08. The Hall–Kier alpha value is -1.65. The second-order valence-corrected chi connectivity index (χ2v) is 3.52. The summed E-state index contributed by atoms with van der Waals surface area (Å²) in [6, 6.07) is 10.1. The molecule has 2 rings (SSSR count). The zero-order valence-corrected chi connectivity index (χ0v) is 9.00. The molecule has 0 radical (unpaired) electrons. The van der Waals surface area contributed by atoms with Crippen LogP contribution in [0.4, 0.5) is 0 Å². The summed E-state index contributed by atoms with van der Waals surface area (Å²) in [5.41, 5.74) is 2.25. The second kappa shape index (κ2) is 5.44. The van der Waals surface area contributed by atoms with Gasteiger partial charge in [-0.15, -0.1) is 0 Å². The predicted molar refractivity (Wildman–Crippen MR) is 62.4 cm³/mol. The summed E-state index contributed by atoms with van der Waals surface area (Å²) < 4.78 is 1.82. The van der Waals surface area contributed by atoms with Crippen molar-refractivity contribution in [2.24, 2.45) is 0 Å². The molecule has 0 atom stereocenters. The van der Waals surface area contributed by atoms with E-state index in [2.05, 4.69) is 22.5 Å². The maximum Gasteiger partial charge on any atom is 0.0645 e. The molecule has 0 spiro atoms. The van der Waals surface area contributed by atoms with Crippen LogP contribution in [0.3, 0.4) is 0 Å². The van der Waals surface area contributed by atoms with Gasteiger partial charge in [-0.25, -0.2) is 4.68 Å². The van der Waals surface area contributed by atoms with Crippen LogP contribution in [-0.2, 0) is 6.54 Å². The lowest BCUT2D eigenvalue weighted by Crippen LogP contribution is -2.17. The monoisotopic (exact) mass is 217 g/mol. The summed E-state index contributed by atoms with van der Waals surface area (Å²) in [7, 11) is 0. The molecule has 4 heteroatoms. The van der Waals surface area contributed by atoms with Crippen LogP contribution < -0.4 is 5.32 Å². The number of hydrogen-bond acceptors (Lipinski definition) is 3. The van der Waals surface area contributed by atoms with Crippen molar-refractivity contribution in [2.45, 2.75) is 6.54 Å². The van der Waals surface area contributed by atoms with Gasteiger partial charge < -0.3 is 10.4 Å². The zero-order chi connectivity index (χ0) is 11.2. The molecule has 2 aromatic rings. The molecular formula is C12H15N3O. The minimum Gasteiger partial charge on any atom is -0.395 e. The Kier molecular flexibility index (Phi) is 3.69. The van der Waals surface area contributed by atoms with Gasteiger partial charge >= 0.3 is 0 Å². The van der Waals surface area contributed by atoms with Crippen LogP contribution in [0.15, 0.2) is 42.7 Å². The molecule has 0 unspecified atom stereocenters. The fourth-order valence-electron chi connectivity index (χ4n) is 1.50. The molecule has 2 N–H and O–H groups in total. The predicted octanol–water partition coefficient (Wildman–Crippen LogP) is 0.954. The van der Waals surface area contributed by atoms with E-state index >= 15 is 0 Å². The van der Waals surface area contributed by atoms with Crippen LogP contribution in [0.25, 0.3) is 5.69 Å². The van der Waals surface area contributed by atoms with E-state index in [-0.39, 0.29) is 6.61 Å². The highest BCUT2D eigenvalue weighted by atomic mass is 16.3. The Bertz CT molecular complexity index is 408. The third-order valence-corrected chi connectivity index (χ3v) is 2.32. The highest BCUT2D eigenvalue weighted by Gasteiger charge is 1.96. The minimum atomic E-state index is 0.172. The zero-order valence-electron chi connectivity index (χ0n) is 9.00. The molecular weight excluding hydrogens is 202 g/mol. The van der Waals surface area contributed by atoms with E-state index in [1.54, 1.807) is 6.20 Å². The molecule has 1 aromatic heterocycles. The molecule has 0 aliphatic carbocycles. The standard InChI is InChI=1S/C12H15N3O/c16-9-7-13-10-11-2-4-12(5-3-11)15-8-1-6-14-15/h1-6,8,13,16H,7,9-10H2. The van der Waals surface area contributed by atoms with E-state index in [1.807, 2.05) is 29.1 Å². The first-order chi connectivity index (χ1) is 7.90. The number of aliphatic hydroxyl groups excluding tert-OH is 1. The van der Waals surface area contributed by atoms with Crippen molar-refractivity contribution in [2.75, 3.05) is 13.2 Å². The Balaban J connectivity index is 2.00. The average Bonchev–Trinajstić information content (AvgIpc) is 2.84. The second-order valence-electron chi connectivity index (χ2n) is 3.52. The Labute approximate surface area is 94.5 Å². The van der Waals surface area contributed by atoms with Crippen LogP contribution in [-0.4, -0.2) is 28.0 Å². The van der Waals surface area contributed by atoms with Crippen LogP contribution in [0, 0.1) is 0 Å². The molecule has 0 aliphatic heterocycles. The summed E-state index contributed by atoms with van der Waals surface area (Å²) in [6.07, 6.45) is 3.68. The summed E-state index contributed by atoms with van der Waals surface area (Å²) in [5.74, 6) is 0. The van der Waals surface area contributed by atoms with Gasteiger partial charge in [-0.2, -0.15) is 5.10 Å². The van der Waals surface area contributed by atoms with Crippen LogP contribution >= 0.6 is 0 Å². The van der Waals surface area contributed by atoms with Gasteiger partial charge in [-0.05, 0) is 23.8 Å².